The number of hydrogen-bond donors (Lipinski definition) is 1. The molecule has 0 saturated carbocycles. The number of nitrogens with zero attached hydrogens (tertiary/aromatic N) is 4. The first-order valence-corrected chi connectivity index (χ1v) is 10.8. The lowest BCUT2D eigenvalue weighted by Crippen LogP contribution is -2.46. The van der Waals surface area contributed by atoms with Crippen molar-refractivity contribution in [3.05, 3.63) is 84.8 Å². The molecular formula is C25H21F2N5O2. The van der Waals surface area contributed by atoms with E-state index in [2.05, 4.69) is 15.4 Å². The number of pyridine rings is 1. The summed E-state index contributed by atoms with van der Waals surface area (Å²) in [4.78, 5) is 30.8. The first-order valence-electron chi connectivity index (χ1n) is 10.8. The van der Waals surface area contributed by atoms with E-state index in [1.165, 1.54) is 0 Å². The molecule has 0 spiro atoms. The van der Waals surface area contributed by atoms with Gasteiger partial charge in [-0.05, 0) is 35.9 Å². The molecule has 34 heavy (non-hydrogen) atoms. The van der Waals surface area contributed by atoms with Crippen molar-refractivity contribution in [2.45, 2.75) is 31.4 Å². The Morgan fingerprint density at radius 1 is 1.06 bits per heavy atom. The maximum absolute atomic E-state index is 13.6. The standard InChI is InChI=1S/C25H21F2N5O2/c1-25(26,27)24(34)30-20-14-22(33)31(23(20)16-5-3-2-4-6-16)19-7-8-21-17(13-19)15-29-32(21)18-9-11-28-12-10-18/h2-13,15,20,23H,14H2,1H3,(H,30,34)/t20-,23?/m0/s1. The van der Waals surface area contributed by atoms with E-state index in [1.54, 1.807) is 34.2 Å². The van der Waals surface area contributed by atoms with Crippen molar-refractivity contribution >= 4 is 28.4 Å². The molecule has 4 aromatic rings. The van der Waals surface area contributed by atoms with E-state index in [-0.39, 0.29) is 12.3 Å². The van der Waals surface area contributed by atoms with E-state index in [9.17, 15) is 18.4 Å². The first-order chi connectivity index (χ1) is 16.3. The van der Waals surface area contributed by atoms with Gasteiger partial charge in [0.05, 0.1) is 29.5 Å². The Morgan fingerprint density at radius 3 is 2.50 bits per heavy atom. The molecule has 9 heteroatoms. The van der Waals surface area contributed by atoms with Crippen molar-refractivity contribution in [3.63, 3.8) is 0 Å². The van der Waals surface area contributed by atoms with Crippen LogP contribution in [0, 0.1) is 0 Å². The zero-order chi connectivity index (χ0) is 23.9. The predicted molar refractivity (Wildman–Crippen MR) is 123 cm³/mol. The van der Waals surface area contributed by atoms with Crippen molar-refractivity contribution < 1.29 is 18.4 Å². The summed E-state index contributed by atoms with van der Waals surface area (Å²) in [5.74, 6) is -5.21. The van der Waals surface area contributed by atoms with Gasteiger partial charge in [-0.15, -0.1) is 0 Å². The molecule has 2 aromatic heterocycles. The number of aromatic nitrogens is 3. The summed E-state index contributed by atoms with van der Waals surface area (Å²) in [6.07, 6.45) is 4.97. The molecule has 3 heterocycles. The van der Waals surface area contributed by atoms with Crippen LogP contribution in [0.15, 0.2) is 79.3 Å². The molecule has 1 fully saturated rings. The van der Waals surface area contributed by atoms with Crippen LogP contribution < -0.4 is 10.2 Å². The van der Waals surface area contributed by atoms with Crippen LogP contribution in [0.25, 0.3) is 16.6 Å². The third-order valence-electron chi connectivity index (χ3n) is 5.92. The Hall–Kier alpha value is -4.14. The predicted octanol–water partition coefficient (Wildman–Crippen LogP) is 4.04. The highest BCUT2D eigenvalue weighted by Gasteiger charge is 2.45. The third-order valence-corrected chi connectivity index (χ3v) is 5.92. The highest BCUT2D eigenvalue weighted by atomic mass is 19.3. The van der Waals surface area contributed by atoms with Crippen molar-refractivity contribution in [3.8, 4) is 5.69 Å². The molecule has 172 valence electrons. The fourth-order valence-electron chi connectivity index (χ4n) is 4.36. The zero-order valence-corrected chi connectivity index (χ0v) is 18.2. The van der Waals surface area contributed by atoms with Gasteiger partial charge in [-0.25, -0.2) is 4.68 Å². The van der Waals surface area contributed by atoms with Gasteiger partial charge in [0, 0.05) is 36.8 Å². The van der Waals surface area contributed by atoms with Crippen LogP contribution in [0.2, 0.25) is 0 Å². The molecule has 1 unspecified atom stereocenters. The Labute approximate surface area is 194 Å². The summed E-state index contributed by atoms with van der Waals surface area (Å²) in [7, 11) is 0. The average Bonchev–Trinajstić information content (AvgIpc) is 3.39. The lowest BCUT2D eigenvalue weighted by atomic mass is 9.99. The smallest absolute Gasteiger partial charge is 0.321 e. The largest absolute Gasteiger partial charge is 0.345 e. The monoisotopic (exact) mass is 461 g/mol. The number of fused-ring (bicyclic) bond motifs is 1. The van der Waals surface area contributed by atoms with Gasteiger partial charge >= 0.3 is 5.92 Å². The molecule has 2 amide bonds. The van der Waals surface area contributed by atoms with Gasteiger partial charge < -0.3 is 10.2 Å². The molecule has 0 bridgehead atoms. The molecule has 1 aliphatic rings. The number of amides is 2. The fourth-order valence-corrected chi connectivity index (χ4v) is 4.36. The lowest BCUT2D eigenvalue weighted by molar-refractivity contribution is -0.143. The zero-order valence-electron chi connectivity index (χ0n) is 18.2. The van der Waals surface area contributed by atoms with E-state index >= 15 is 0 Å². The van der Waals surface area contributed by atoms with Crippen molar-refractivity contribution in [2.24, 2.45) is 0 Å². The summed E-state index contributed by atoms with van der Waals surface area (Å²) in [6, 6.07) is 16.8. The van der Waals surface area contributed by atoms with Crippen LogP contribution in [-0.4, -0.2) is 38.5 Å². The minimum absolute atomic E-state index is 0.0876. The van der Waals surface area contributed by atoms with Crippen LogP contribution in [0.5, 0.6) is 0 Å². The van der Waals surface area contributed by atoms with Crippen LogP contribution in [0.3, 0.4) is 0 Å². The summed E-state index contributed by atoms with van der Waals surface area (Å²) in [6.45, 7) is 0.544. The van der Waals surface area contributed by atoms with Crippen LogP contribution in [0.1, 0.15) is 24.9 Å². The normalized spacial score (nSPS) is 18.4. The number of anilines is 1. The number of benzene rings is 2. The molecule has 0 radical (unpaired) electrons. The van der Waals surface area contributed by atoms with Gasteiger partial charge in [0.1, 0.15) is 0 Å². The Kier molecular flexibility index (Phi) is 5.31. The van der Waals surface area contributed by atoms with Crippen molar-refractivity contribution in [1.82, 2.24) is 20.1 Å². The molecule has 2 atom stereocenters. The molecule has 1 N–H and O–H groups in total. The van der Waals surface area contributed by atoms with Gasteiger partial charge in [-0.2, -0.15) is 13.9 Å². The number of carbonyl (C=O) groups excluding carboxylic acids is 2. The second-order valence-corrected chi connectivity index (χ2v) is 8.30. The van der Waals surface area contributed by atoms with E-state index in [0.29, 0.717) is 12.6 Å². The minimum atomic E-state index is -3.54. The number of alkyl halides is 2. The molecule has 5 rings (SSSR count). The maximum atomic E-state index is 13.6. The van der Waals surface area contributed by atoms with Crippen molar-refractivity contribution in [2.75, 3.05) is 4.90 Å². The molecule has 7 nitrogen and oxygen atoms in total. The highest BCUT2D eigenvalue weighted by Crippen LogP contribution is 2.39. The number of nitrogens with one attached hydrogen (secondary N) is 1. The Balaban J connectivity index is 1.54. The molecule has 1 saturated heterocycles. The SMILES string of the molecule is CC(F)(F)C(=O)N[C@H]1CC(=O)N(c2ccc3c(cnn3-c3ccncc3)c2)C1c1ccccc1. The quantitative estimate of drug-likeness (QED) is 0.487. The molecule has 2 aromatic carbocycles. The first kappa shape index (κ1) is 21.7. The number of halogens is 2. The van der Waals surface area contributed by atoms with Crippen LogP contribution in [0.4, 0.5) is 14.5 Å². The Bertz CT molecular complexity index is 1350. The molecule has 1 aliphatic heterocycles. The number of rotatable bonds is 5. The lowest BCUT2D eigenvalue weighted by Gasteiger charge is -2.29. The fraction of sp³-hybridized carbons (Fsp3) is 0.200. The molecule has 0 aliphatic carbocycles. The Morgan fingerprint density at radius 2 is 1.79 bits per heavy atom. The van der Waals surface area contributed by atoms with Crippen LogP contribution >= 0.6 is 0 Å². The van der Waals surface area contributed by atoms with E-state index in [1.807, 2.05) is 54.6 Å². The molecular weight excluding hydrogens is 440 g/mol. The number of carbonyl (C=O) groups is 2. The van der Waals surface area contributed by atoms with E-state index < -0.39 is 23.9 Å². The minimum Gasteiger partial charge on any atom is -0.345 e. The number of hydrogen-bond acceptors (Lipinski definition) is 4. The van der Waals surface area contributed by atoms with Gasteiger partial charge in [-0.1, -0.05) is 30.3 Å². The summed E-state index contributed by atoms with van der Waals surface area (Å²) in [5, 5.41) is 7.65. The van der Waals surface area contributed by atoms with E-state index in [4.69, 9.17) is 0 Å². The van der Waals surface area contributed by atoms with Crippen LogP contribution in [-0.2, 0) is 9.59 Å². The second-order valence-electron chi connectivity index (χ2n) is 8.30. The average molecular weight is 461 g/mol. The summed E-state index contributed by atoms with van der Waals surface area (Å²) in [5.41, 5.74) is 3.03. The highest BCUT2D eigenvalue weighted by molar-refractivity contribution is 6.00. The van der Waals surface area contributed by atoms with Gasteiger partial charge in [0.15, 0.2) is 0 Å². The maximum Gasteiger partial charge on any atom is 0.321 e. The van der Waals surface area contributed by atoms with Gasteiger partial charge in [-0.3, -0.25) is 14.6 Å². The summed E-state index contributed by atoms with van der Waals surface area (Å²) < 4.78 is 29.0. The summed E-state index contributed by atoms with van der Waals surface area (Å²) >= 11 is 0. The van der Waals surface area contributed by atoms with E-state index in [0.717, 1.165) is 22.2 Å². The van der Waals surface area contributed by atoms with Gasteiger partial charge in [0.2, 0.25) is 5.91 Å². The van der Waals surface area contributed by atoms with Gasteiger partial charge in [0.25, 0.3) is 5.91 Å². The topological polar surface area (TPSA) is 80.1 Å². The van der Waals surface area contributed by atoms with Crippen molar-refractivity contribution in [1.29, 1.82) is 0 Å². The third kappa shape index (κ3) is 3.89. The second kappa shape index (κ2) is 8.33.